The molecule has 0 saturated heterocycles. The van der Waals surface area contributed by atoms with Gasteiger partial charge >= 0.3 is 0 Å². The number of hydrogen-bond donors (Lipinski definition) is 2. The summed E-state index contributed by atoms with van der Waals surface area (Å²) in [4.78, 5) is 0. The molecule has 3 N–H and O–H groups in total. The summed E-state index contributed by atoms with van der Waals surface area (Å²) in [5, 5.41) is 7.88. The summed E-state index contributed by atoms with van der Waals surface area (Å²) < 4.78 is 12.1. The molecular formula is C39H72N2O2. The van der Waals surface area contributed by atoms with Crippen molar-refractivity contribution >= 4 is 5.84 Å². The highest BCUT2D eigenvalue weighted by molar-refractivity contribution is 5.95. The van der Waals surface area contributed by atoms with Gasteiger partial charge in [-0.25, -0.2) is 0 Å². The summed E-state index contributed by atoms with van der Waals surface area (Å²) in [6.07, 6.45) is 38.0. The molecule has 43 heavy (non-hydrogen) atoms. The van der Waals surface area contributed by atoms with Crippen molar-refractivity contribution in [3.63, 3.8) is 0 Å². The minimum atomic E-state index is 0.0586. The molecule has 0 amide bonds. The summed E-state index contributed by atoms with van der Waals surface area (Å²) in [5.74, 6) is 1.58. The first-order chi connectivity index (χ1) is 21.2. The molecule has 0 aliphatic carbocycles. The maximum Gasteiger partial charge on any atom is 0.123 e. The second kappa shape index (κ2) is 30.3. The fourth-order valence-corrected chi connectivity index (χ4v) is 5.87. The normalized spacial score (nSPS) is 11.2. The van der Waals surface area contributed by atoms with Gasteiger partial charge in [0.1, 0.15) is 17.3 Å². The van der Waals surface area contributed by atoms with Crippen molar-refractivity contribution in [3.05, 3.63) is 23.8 Å². The van der Waals surface area contributed by atoms with Crippen LogP contribution in [-0.4, -0.2) is 19.0 Å². The Hall–Kier alpha value is -1.71. The van der Waals surface area contributed by atoms with Gasteiger partial charge in [0.2, 0.25) is 0 Å². The van der Waals surface area contributed by atoms with Gasteiger partial charge in [0.15, 0.2) is 0 Å². The lowest BCUT2D eigenvalue weighted by atomic mass is 10.0. The van der Waals surface area contributed by atoms with Crippen molar-refractivity contribution in [1.29, 1.82) is 5.41 Å². The number of ether oxygens (including phenoxy) is 2. The fraction of sp³-hybridized carbons (Fsp3) is 0.821. The standard InChI is InChI=1S/C39H72N2O2/c1-3-5-7-9-11-13-15-17-19-21-23-25-27-29-31-42-37-33-36(39(40)41)34-38(35-37)43-32-30-28-26-24-22-20-18-16-14-12-10-8-6-4-2/h33-35H,3-32H2,1-2H3,(H3,40,41). The van der Waals surface area contributed by atoms with Gasteiger partial charge in [-0.2, -0.15) is 0 Å². The molecule has 0 bridgehead atoms. The molecule has 250 valence electrons. The van der Waals surface area contributed by atoms with E-state index in [-0.39, 0.29) is 5.84 Å². The van der Waals surface area contributed by atoms with Crippen LogP contribution in [0.15, 0.2) is 18.2 Å². The predicted molar refractivity (Wildman–Crippen MR) is 189 cm³/mol. The molecule has 1 aromatic carbocycles. The monoisotopic (exact) mass is 601 g/mol. The number of nitrogens with one attached hydrogen (secondary N) is 1. The van der Waals surface area contributed by atoms with Crippen molar-refractivity contribution < 1.29 is 9.47 Å². The lowest BCUT2D eigenvalue weighted by molar-refractivity contribution is 0.289. The average molecular weight is 601 g/mol. The van der Waals surface area contributed by atoms with E-state index in [1.165, 1.54) is 167 Å². The maximum absolute atomic E-state index is 7.88. The lowest BCUT2D eigenvalue weighted by Crippen LogP contribution is -2.12. The van der Waals surface area contributed by atoms with Gasteiger partial charge in [-0.3, -0.25) is 5.41 Å². The molecule has 1 rings (SSSR count). The SMILES string of the molecule is CCCCCCCCCCCCCCCCOc1cc(OCCCCCCCCCCCCCCCC)cc(C(=N)N)c1. The van der Waals surface area contributed by atoms with E-state index in [9.17, 15) is 0 Å². The Morgan fingerprint density at radius 3 is 0.953 bits per heavy atom. The highest BCUT2D eigenvalue weighted by Gasteiger charge is 2.06. The molecule has 0 unspecified atom stereocenters. The number of nitrogens with two attached hydrogens (primary N) is 1. The van der Waals surface area contributed by atoms with E-state index < -0.39 is 0 Å². The molecule has 0 aromatic heterocycles. The Balaban J connectivity index is 2.05. The van der Waals surface area contributed by atoms with Crippen molar-refractivity contribution in [3.8, 4) is 11.5 Å². The highest BCUT2D eigenvalue weighted by Crippen LogP contribution is 2.24. The molecule has 0 aliphatic rings. The van der Waals surface area contributed by atoms with E-state index in [1.54, 1.807) is 0 Å². The minimum absolute atomic E-state index is 0.0586. The van der Waals surface area contributed by atoms with Crippen molar-refractivity contribution in [2.75, 3.05) is 13.2 Å². The Labute approximate surface area is 268 Å². The summed E-state index contributed by atoms with van der Waals surface area (Å²) in [7, 11) is 0. The second-order valence-corrected chi connectivity index (χ2v) is 13.0. The fourth-order valence-electron chi connectivity index (χ4n) is 5.87. The summed E-state index contributed by atoms with van der Waals surface area (Å²) in [6.45, 7) is 5.98. The van der Waals surface area contributed by atoms with E-state index >= 15 is 0 Å². The van der Waals surface area contributed by atoms with Crippen LogP contribution >= 0.6 is 0 Å². The third-order valence-corrected chi connectivity index (χ3v) is 8.72. The Morgan fingerprint density at radius 2 is 0.698 bits per heavy atom. The van der Waals surface area contributed by atoms with Gasteiger partial charge in [0.05, 0.1) is 13.2 Å². The number of unbranched alkanes of at least 4 members (excludes halogenated alkanes) is 26. The first-order valence-corrected chi connectivity index (χ1v) is 18.9. The molecule has 0 fully saturated rings. The zero-order chi connectivity index (χ0) is 31.1. The lowest BCUT2D eigenvalue weighted by Gasteiger charge is -2.12. The Morgan fingerprint density at radius 1 is 0.442 bits per heavy atom. The van der Waals surface area contributed by atoms with Crippen molar-refractivity contribution in [1.82, 2.24) is 0 Å². The van der Waals surface area contributed by atoms with Crippen LogP contribution in [-0.2, 0) is 0 Å². The van der Waals surface area contributed by atoms with Crippen LogP contribution in [0.3, 0.4) is 0 Å². The van der Waals surface area contributed by atoms with Crippen molar-refractivity contribution in [2.24, 2.45) is 5.73 Å². The summed E-state index contributed by atoms with van der Waals surface area (Å²) in [5.41, 5.74) is 6.47. The highest BCUT2D eigenvalue weighted by atomic mass is 16.5. The van der Waals surface area contributed by atoms with E-state index in [4.69, 9.17) is 20.6 Å². The van der Waals surface area contributed by atoms with E-state index in [0.717, 1.165) is 24.3 Å². The van der Waals surface area contributed by atoms with Crippen LogP contribution in [0.1, 0.15) is 199 Å². The topological polar surface area (TPSA) is 68.3 Å². The summed E-state index contributed by atoms with van der Waals surface area (Å²) >= 11 is 0. The van der Waals surface area contributed by atoms with Crippen LogP contribution in [0.25, 0.3) is 0 Å². The molecular weight excluding hydrogens is 528 g/mol. The molecule has 0 heterocycles. The molecule has 1 aromatic rings. The van der Waals surface area contributed by atoms with Crippen LogP contribution in [0.5, 0.6) is 11.5 Å². The number of amidine groups is 1. The third-order valence-electron chi connectivity index (χ3n) is 8.72. The van der Waals surface area contributed by atoms with E-state index in [2.05, 4.69) is 13.8 Å². The largest absolute Gasteiger partial charge is 0.493 e. The minimum Gasteiger partial charge on any atom is -0.493 e. The quantitative estimate of drug-likeness (QED) is 0.0479. The number of rotatable bonds is 33. The Bertz CT molecular complexity index is 699. The third kappa shape index (κ3) is 25.3. The molecule has 0 saturated carbocycles. The number of nitrogen functional groups attached to an aromatic ring is 1. The molecule has 4 nitrogen and oxygen atoms in total. The summed E-state index contributed by atoms with van der Waals surface area (Å²) in [6, 6.07) is 5.69. The average Bonchev–Trinajstić information content (AvgIpc) is 3.01. The number of hydrogen-bond acceptors (Lipinski definition) is 3. The van der Waals surface area contributed by atoms with Crippen LogP contribution in [0.2, 0.25) is 0 Å². The van der Waals surface area contributed by atoms with Crippen LogP contribution < -0.4 is 15.2 Å². The maximum atomic E-state index is 7.88. The van der Waals surface area contributed by atoms with E-state index in [1.807, 2.05) is 18.2 Å². The molecule has 4 heteroatoms. The first-order valence-electron chi connectivity index (χ1n) is 18.9. The molecule has 0 radical (unpaired) electrons. The van der Waals surface area contributed by atoms with Crippen molar-refractivity contribution in [2.45, 2.75) is 194 Å². The van der Waals surface area contributed by atoms with Gasteiger partial charge in [0.25, 0.3) is 0 Å². The van der Waals surface area contributed by atoms with E-state index in [0.29, 0.717) is 18.8 Å². The smallest absolute Gasteiger partial charge is 0.123 e. The predicted octanol–water partition coefficient (Wildman–Crippen LogP) is 12.7. The molecule has 0 spiro atoms. The van der Waals surface area contributed by atoms with Gasteiger partial charge in [-0.1, -0.05) is 181 Å². The van der Waals surface area contributed by atoms with Gasteiger partial charge in [-0.15, -0.1) is 0 Å². The first kappa shape index (κ1) is 39.3. The Kier molecular flexibility index (Phi) is 27.7. The second-order valence-electron chi connectivity index (χ2n) is 13.0. The molecule has 0 aliphatic heterocycles. The van der Waals surface area contributed by atoms with Crippen LogP contribution in [0.4, 0.5) is 0 Å². The zero-order valence-electron chi connectivity index (χ0n) is 28.8. The van der Waals surface area contributed by atoms with Gasteiger partial charge < -0.3 is 15.2 Å². The van der Waals surface area contributed by atoms with Gasteiger partial charge in [0, 0.05) is 11.6 Å². The molecule has 0 atom stereocenters. The van der Waals surface area contributed by atoms with Gasteiger partial charge in [-0.05, 0) is 25.0 Å². The zero-order valence-corrected chi connectivity index (χ0v) is 28.8. The van der Waals surface area contributed by atoms with Crippen LogP contribution in [0, 0.1) is 5.41 Å². The number of benzene rings is 1.